The summed E-state index contributed by atoms with van der Waals surface area (Å²) in [4.78, 5) is 23.3. The van der Waals surface area contributed by atoms with Gasteiger partial charge in [-0.15, -0.1) is 0 Å². The molecule has 128 valence electrons. The van der Waals surface area contributed by atoms with Crippen molar-refractivity contribution in [2.45, 2.75) is 30.6 Å². The van der Waals surface area contributed by atoms with Crippen LogP contribution in [0.1, 0.15) is 25.1 Å². The first-order valence-corrected chi connectivity index (χ1v) is 9.06. The number of carbonyl (C=O) groups excluding carboxylic acids is 1. The average Bonchev–Trinajstić information content (AvgIpc) is 3.17. The topological polar surface area (TPSA) is 71.8 Å². The number of nitrogens with zero attached hydrogens (tertiary/aromatic N) is 4. The standard InChI is InChI=1S/C16H21N5O2S/c1-20-6-5-17-14(20)15-18-8-12(16(22)23-2)13-7-10(9-21(13)15)19-24-11-3-4-11/h5-6,10-11,19H,3-4,7-9H2,1-2H3. The molecule has 24 heavy (non-hydrogen) atoms. The molecule has 2 aliphatic heterocycles. The second kappa shape index (κ2) is 6.25. The van der Waals surface area contributed by atoms with Crippen LogP contribution in [0.25, 0.3) is 0 Å². The Hall–Kier alpha value is -1.80. The van der Waals surface area contributed by atoms with Crippen LogP contribution in [0.15, 0.2) is 28.7 Å². The van der Waals surface area contributed by atoms with E-state index in [1.807, 2.05) is 29.8 Å². The van der Waals surface area contributed by atoms with Gasteiger partial charge in [0.05, 0.1) is 19.2 Å². The van der Waals surface area contributed by atoms with Gasteiger partial charge >= 0.3 is 5.97 Å². The number of rotatable bonds is 5. The van der Waals surface area contributed by atoms with Crippen LogP contribution < -0.4 is 4.72 Å². The van der Waals surface area contributed by atoms with Gasteiger partial charge in [-0.3, -0.25) is 9.71 Å². The van der Waals surface area contributed by atoms with Crippen molar-refractivity contribution in [1.29, 1.82) is 0 Å². The summed E-state index contributed by atoms with van der Waals surface area (Å²) in [5.74, 6) is 1.38. The Morgan fingerprint density at radius 1 is 1.46 bits per heavy atom. The summed E-state index contributed by atoms with van der Waals surface area (Å²) < 4.78 is 10.5. The van der Waals surface area contributed by atoms with Gasteiger partial charge in [-0.05, 0) is 12.8 Å². The lowest BCUT2D eigenvalue weighted by atomic mass is 10.1. The maximum atomic E-state index is 12.1. The largest absolute Gasteiger partial charge is 0.466 e. The highest BCUT2D eigenvalue weighted by Crippen LogP contribution is 2.35. The number of methoxy groups -OCH3 is 1. The molecule has 0 spiro atoms. The van der Waals surface area contributed by atoms with Crippen molar-refractivity contribution in [3.8, 4) is 0 Å². The third kappa shape index (κ3) is 2.84. The van der Waals surface area contributed by atoms with Crippen LogP contribution >= 0.6 is 11.9 Å². The van der Waals surface area contributed by atoms with Crippen LogP contribution in [0.3, 0.4) is 0 Å². The van der Waals surface area contributed by atoms with Gasteiger partial charge in [-0.25, -0.2) is 9.78 Å². The molecule has 0 radical (unpaired) electrons. The molecule has 1 saturated heterocycles. The van der Waals surface area contributed by atoms with Gasteiger partial charge in [0.25, 0.3) is 0 Å². The molecule has 8 heteroatoms. The predicted octanol–water partition coefficient (Wildman–Crippen LogP) is 1.08. The first-order chi connectivity index (χ1) is 11.7. The minimum absolute atomic E-state index is 0.284. The average molecular weight is 347 g/mol. The lowest BCUT2D eigenvalue weighted by molar-refractivity contribution is -0.136. The molecule has 3 heterocycles. The van der Waals surface area contributed by atoms with Crippen molar-refractivity contribution in [3.63, 3.8) is 0 Å². The molecule has 1 aromatic rings. The fraction of sp³-hybridized carbons (Fsp3) is 0.562. The third-order valence-electron chi connectivity index (χ3n) is 4.54. The van der Waals surface area contributed by atoms with Crippen molar-refractivity contribution in [1.82, 2.24) is 19.2 Å². The molecule has 2 fully saturated rings. The van der Waals surface area contributed by atoms with Crippen LogP contribution in [0.2, 0.25) is 0 Å². The number of carbonyl (C=O) groups is 1. The van der Waals surface area contributed by atoms with E-state index in [4.69, 9.17) is 4.74 Å². The maximum Gasteiger partial charge on any atom is 0.337 e. The van der Waals surface area contributed by atoms with Crippen molar-refractivity contribution >= 4 is 23.8 Å². The Labute approximate surface area is 145 Å². The number of ether oxygens (including phenoxy) is 1. The van der Waals surface area contributed by atoms with Crippen molar-refractivity contribution < 1.29 is 9.53 Å². The molecular weight excluding hydrogens is 326 g/mol. The smallest absolute Gasteiger partial charge is 0.337 e. The van der Waals surface area contributed by atoms with Gasteiger partial charge in [-0.1, -0.05) is 11.9 Å². The van der Waals surface area contributed by atoms with E-state index in [0.29, 0.717) is 18.2 Å². The summed E-state index contributed by atoms with van der Waals surface area (Å²) in [5, 5.41) is 0.749. The van der Waals surface area contributed by atoms with E-state index < -0.39 is 0 Å². The Morgan fingerprint density at radius 2 is 2.29 bits per heavy atom. The zero-order chi connectivity index (χ0) is 16.7. The number of aromatic nitrogens is 2. The molecule has 7 nitrogen and oxygen atoms in total. The van der Waals surface area contributed by atoms with Crippen LogP contribution in [-0.2, 0) is 16.6 Å². The first kappa shape index (κ1) is 15.7. The van der Waals surface area contributed by atoms with Gasteiger partial charge in [0, 0.05) is 49.4 Å². The molecule has 4 rings (SSSR count). The monoisotopic (exact) mass is 347 g/mol. The molecule has 0 amide bonds. The van der Waals surface area contributed by atoms with Crippen LogP contribution in [0, 0.1) is 0 Å². The van der Waals surface area contributed by atoms with Gasteiger partial charge in [-0.2, -0.15) is 0 Å². The number of hydrogen-bond donors (Lipinski definition) is 1. The Balaban J connectivity index is 1.61. The van der Waals surface area contributed by atoms with E-state index >= 15 is 0 Å². The fourth-order valence-electron chi connectivity index (χ4n) is 3.11. The van der Waals surface area contributed by atoms with E-state index in [1.165, 1.54) is 20.0 Å². The van der Waals surface area contributed by atoms with Gasteiger partial charge in [0.15, 0.2) is 11.7 Å². The zero-order valence-corrected chi connectivity index (χ0v) is 14.7. The van der Waals surface area contributed by atoms with Gasteiger partial charge in [0.1, 0.15) is 0 Å². The molecule has 0 bridgehead atoms. The second-order valence-corrected chi connectivity index (χ2v) is 7.50. The molecule has 1 saturated carbocycles. The summed E-state index contributed by atoms with van der Waals surface area (Å²) in [6, 6.07) is 0.300. The number of fused-ring (bicyclic) bond motifs is 1. The van der Waals surface area contributed by atoms with E-state index in [1.54, 1.807) is 6.20 Å². The van der Waals surface area contributed by atoms with E-state index in [9.17, 15) is 4.79 Å². The quantitative estimate of drug-likeness (QED) is 0.635. The molecule has 0 aromatic carbocycles. The first-order valence-electron chi connectivity index (χ1n) is 8.18. The van der Waals surface area contributed by atoms with E-state index in [0.717, 1.165) is 35.6 Å². The molecule has 1 unspecified atom stereocenters. The fourth-order valence-corrected chi connectivity index (χ4v) is 4.02. The summed E-state index contributed by atoms with van der Waals surface area (Å²) in [5.41, 5.74) is 1.68. The van der Waals surface area contributed by atoms with Crippen LogP contribution in [0.4, 0.5) is 0 Å². The maximum absolute atomic E-state index is 12.1. The Bertz CT molecular complexity index is 722. The number of esters is 1. The highest BCUT2D eigenvalue weighted by molar-refractivity contribution is 7.98. The minimum atomic E-state index is -0.284. The summed E-state index contributed by atoms with van der Waals surface area (Å²) in [6.07, 6.45) is 7.08. The summed E-state index contributed by atoms with van der Waals surface area (Å²) >= 11 is 1.83. The molecule has 3 aliphatic rings. The normalized spacial score (nSPS) is 23.3. The predicted molar refractivity (Wildman–Crippen MR) is 92.5 cm³/mol. The lowest BCUT2D eigenvalue weighted by Crippen LogP contribution is -2.37. The zero-order valence-electron chi connectivity index (χ0n) is 13.9. The van der Waals surface area contributed by atoms with Crippen LogP contribution in [-0.4, -0.2) is 57.7 Å². The molecule has 1 N–H and O–H groups in total. The van der Waals surface area contributed by atoms with Gasteiger partial charge in [0.2, 0.25) is 0 Å². The van der Waals surface area contributed by atoms with Gasteiger partial charge < -0.3 is 14.2 Å². The number of aliphatic imine (C=N–C) groups is 1. The van der Waals surface area contributed by atoms with E-state index in [-0.39, 0.29) is 5.97 Å². The summed E-state index contributed by atoms with van der Waals surface area (Å²) in [7, 11) is 3.38. The van der Waals surface area contributed by atoms with Crippen molar-refractivity contribution in [3.05, 3.63) is 29.5 Å². The molecule has 1 atom stereocenters. The number of amidine groups is 1. The number of hydrogen-bond acceptors (Lipinski definition) is 7. The number of aryl methyl sites for hydroxylation is 1. The van der Waals surface area contributed by atoms with E-state index in [2.05, 4.69) is 19.6 Å². The van der Waals surface area contributed by atoms with Crippen LogP contribution in [0.5, 0.6) is 0 Å². The second-order valence-electron chi connectivity index (χ2n) is 6.37. The summed E-state index contributed by atoms with van der Waals surface area (Å²) in [6.45, 7) is 1.14. The minimum Gasteiger partial charge on any atom is -0.466 e. The number of imidazole rings is 1. The highest BCUT2D eigenvalue weighted by Gasteiger charge is 2.38. The third-order valence-corrected chi connectivity index (χ3v) is 5.81. The molecular formula is C16H21N5O2S. The number of nitrogens with one attached hydrogen (secondary N) is 1. The Kier molecular flexibility index (Phi) is 4.09. The van der Waals surface area contributed by atoms with Crippen molar-refractivity contribution in [2.24, 2.45) is 12.0 Å². The SMILES string of the molecule is COC(=O)C1=C2CC(NSC3CC3)CN2C(c2nccn2C)=NC1. The van der Waals surface area contributed by atoms with Crippen molar-refractivity contribution in [2.75, 3.05) is 20.2 Å². The highest BCUT2D eigenvalue weighted by atomic mass is 32.2. The molecule has 1 aromatic heterocycles. The molecule has 1 aliphatic carbocycles. The Morgan fingerprint density at radius 3 is 2.96 bits per heavy atom. The lowest BCUT2D eigenvalue weighted by Gasteiger charge is -2.27.